The monoisotopic (exact) mass is 235 g/mol. The van der Waals surface area contributed by atoms with Crippen molar-refractivity contribution in [3.05, 3.63) is 0 Å². The third kappa shape index (κ3) is 12.9. The van der Waals surface area contributed by atoms with E-state index < -0.39 is 9.76 Å². The largest absolute Gasteiger partial charge is 0.478 e. The van der Waals surface area contributed by atoms with Crippen molar-refractivity contribution in [3.63, 3.8) is 0 Å². The average molecular weight is 237 g/mol. The Bertz CT molecular complexity index is 122. The summed E-state index contributed by atoms with van der Waals surface area (Å²) in [6.07, 6.45) is 0. The van der Waals surface area contributed by atoms with E-state index in [2.05, 4.69) is 19.2 Å². The molecule has 0 unspecified atom stereocenters. The number of carbonyl (C=O) groups is 1. The lowest BCUT2D eigenvalue weighted by atomic mass is 10.7. The van der Waals surface area contributed by atoms with Crippen LogP contribution < -0.4 is 5.32 Å². The van der Waals surface area contributed by atoms with Crippen LogP contribution in [-0.4, -0.2) is 28.0 Å². The van der Waals surface area contributed by atoms with Crippen LogP contribution in [0.25, 0.3) is 0 Å². The molecule has 0 rings (SSSR count). The van der Waals surface area contributed by atoms with Gasteiger partial charge in [0.25, 0.3) is 3.79 Å². The fraction of sp³-hybridized carbons (Fsp3) is 0.833. The van der Waals surface area contributed by atoms with E-state index in [4.69, 9.17) is 39.9 Å². The van der Waals surface area contributed by atoms with E-state index in [0.29, 0.717) is 0 Å². The van der Waals surface area contributed by atoms with Crippen LogP contribution in [0.4, 0.5) is 0 Å². The third-order valence-corrected chi connectivity index (χ3v) is 1.23. The molecule has 0 aliphatic heterocycles. The number of halogens is 3. The van der Waals surface area contributed by atoms with Gasteiger partial charge in [-0.15, -0.1) is 0 Å². The Labute approximate surface area is 87.0 Å². The molecule has 0 heterocycles. The van der Waals surface area contributed by atoms with Gasteiger partial charge in [0.2, 0.25) is 0 Å². The van der Waals surface area contributed by atoms with Gasteiger partial charge in [-0.2, -0.15) is 0 Å². The van der Waals surface area contributed by atoms with E-state index in [1.807, 2.05) is 0 Å². The number of hydrogen-bond acceptors (Lipinski definition) is 2. The molecule has 0 aliphatic carbocycles. The Kier molecular flexibility index (Phi) is 9.78. The van der Waals surface area contributed by atoms with Gasteiger partial charge in [0.15, 0.2) is 0 Å². The van der Waals surface area contributed by atoms with Crippen LogP contribution in [0.5, 0.6) is 0 Å². The molecule has 0 aromatic heterocycles. The highest BCUT2D eigenvalue weighted by Crippen LogP contribution is 2.25. The van der Waals surface area contributed by atoms with Crippen molar-refractivity contribution in [2.45, 2.75) is 17.6 Å². The van der Waals surface area contributed by atoms with E-state index in [1.165, 1.54) is 0 Å². The quantitative estimate of drug-likeness (QED) is 0.722. The van der Waals surface area contributed by atoms with E-state index in [9.17, 15) is 4.79 Å². The van der Waals surface area contributed by atoms with E-state index >= 15 is 0 Å². The second kappa shape index (κ2) is 7.92. The fourth-order valence-electron chi connectivity index (χ4n) is 0.250. The van der Waals surface area contributed by atoms with Crippen LogP contribution in [0.2, 0.25) is 0 Å². The molecule has 0 aliphatic rings. The summed E-state index contributed by atoms with van der Waals surface area (Å²) in [5.41, 5.74) is 0. The van der Waals surface area contributed by atoms with Gasteiger partial charge in [-0.05, 0) is 13.1 Å². The van der Waals surface area contributed by atoms with Gasteiger partial charge in [0, 0.05) is 0 Å². The molecule has 0 aromatic rings. The first-order valence-corrected chi connectivity index (χ1v) is 4.50. The van der Waals surface area contributed by atoms with Crippen molar-refractivity contribution in [3.8, 4) is 0 Å². The van der Waals surface area contributed by atoms with Gasteiger partial charge in [-0.1, -0.05) is 48.7 Å². The molecule has 0 saturated heterocycles. The van der Waals surface area contributed by atoms with Crippen molar-refractivity contribution in [1.82, 2.24) is 5.32 Å². The molecule has 0 atom stereocenters. The van der Waals surface area contributed by atoms with Gasteiger partial charge >= 0.3 is 5.97 Å². The lowest BCUT2D eigenvalue weighted by molar-refractivity contribution is -0.135. The van der Waals surface area contributed by atoms with E-state index in [1.54, 1.807) is 0 Å². The summed E-state index contributed by atoms with van der Waals surface area (Å²) in [5.74, 6) is -1.46. The van der Waals surface area contributed by atoms with Gasteiger partial charge in [-0.3, -0.25) is 0 Å². The molecule has 3 nitrogen and oxygen atoms in total. The molecule has 0 bridgehead atoms. The minimum Gasteiger partial charge on any atom is -0.478 e. The minimum atomic E-state index is -2.17. The van der Waals surface area contributed by atoms with Crippen LogP contribution >= 0.6 is 34.8 Å². The Hall–Kier alpha value is 0.300. The Balaban J connectivity index is 0. The Morgan fingerprint density at radius 2 is 1.58 bits per heavy atom. The third-order valence-electron chi connectivity index (χ3n) is 0.743. The number of aliphatic carboxylic acids is 1. The predicted octanol–water partition coefficient (Wildman–Crippen LogP) is 2.06. The SMILES string of the molecule is CCNCC.O=C(O)C(Cl)(Cl)Cl. The average Bonchev–Trinajstić information content (AvgIpc) is 1.88. The topological polar surface area (TPSA) is 49.3 Å². The summed E-state index contributed by atoms with van der Waals surface area (Å²) in [5, 5.41) is 11.0. The molecular weight excluding hydrogens is 224 g/mol. The van der Waals surface area contributed by atoms with Gasteiger partial charge in [0.05, 0.1) is 0 Å². The fourth-order valence-corrected chi connectivity index (χ4v) is 0.250. The smallest absolute Gasteiger partial charge is 0.356 e. The van der Waals surface area contributed by atoms with Crippen LogP contribution in [0.15, 0.2) is 0 Å². The Morgan fingerprint density at radius 3 is 1.58 bits per heavy atom. The molecule has 74 valence electrons. The zero-order valence-electron chi connectivity index (χ0n) is 6.90. The van der Waals surface area contributed by atoms with Crippen molar-refractivity contribution in [2.75, 3.05) is 13.1 Å². The second-order valence-corrected chi connectivity index (χ2v) is 4.04. The lowest BCUT2D eigenvalue weighted by Crippen LogP contribution is -2.16. The van der Waals surface area contributed by atoms with Gasteiger partial charge < -0.3 is 10.4 Å². The summed E-state index contributed by atoms with van der Waals surface area (Å²) < 4.78 is -2.17. The van der Waals surface area contributed by atoms with E-state index in [0.717, 1.165) is 13.1 Å². The highest BCUT2D eigenvalue weighted by Gasteiger charge is 2.29. The van der Waals surface area contributed by atoms with E-state index in [-0.39, 0.29) is 0 Å². The number of nitrogens with one attached hydrogen (secondary N) is 1. The minimum absolute atomic E-state index is 1.09. The van der Waals surface area contributed by atoms with Crippen molar-refractivity contribution in [2.24, 2.45) is 0 Å². The maximum absolute atomic E-state index is 9.62. The molecule has 0 saturated carbocycles. The molecule has 2 N–H and O–H groups in total. The number of rotatable bonds is 2. The summed E-state index contributed by atoms with van der Waals surface area (Å²) in [4.78, 5) is 9.62. The molecular formula is C6H12Cl3NO2. The molecule has 0 fully saturated rings. The molecule has 6 heteroatoms. The molecule has 0 aromatic carbocycles. The van der Waals surface area contributed by atoms with Crippen molar-refractivity contribution < 1.29 is 9.90 Å². The van der Waals surface area contributed by atoms with Crippen LogP contribution in [0, 0.1) is 0 Å². The molecule has 0 spiro atoms. The van der Waals surface area contributed by atoms with Gasteiger partial charge in [0.1, 0.15) is 0 Å². The first kappa shape index (κ1) is 14.8. The summed E-state index contributed by atoms with van der Waals surface area (Å²) in [6.45, 7) is 6.39. The maximum atomic E-state index is 9.62. The number of alkyl halides is 3. The standard InChI is InChI=1S/C4H11N.C2HCl3O2/c1-3-5-4-2;3-2(4,5)1(6)7/h5H,3-4H2,1-2H3;(H,6,7). The second-order valence-electron chi connectivity index (χ2n) is 1.76. The van der Waals surface area contributed by atoms with Crippen molar-refractivity contribution in [1.29, 1.82) is 0 Å². The molecule has 12 heavy (non-hydrogen) atoms. The maximum Gasteiger partial charge on any atom is 0.356 e. The molecule has 0 amide bonds. The highest BCUT2D eigenvalue weighted by molar-refractivity contribution is 6.75. The normalized spacial score (nSPS) is 10.1. The number of hydrogen-bond donors (Lipinski definition) is 2. The van der Waals surface area contributed by atoms with Crippen LogP contribution in [0.3, 0.4) is 0 Å². The van der Waals surface area contributed by atoms with Crippen molar-refractivity contribution >= 4 is 40.8 Å². The molecule has 0 radical (unpaired) electrons. The Morgan fingerprint density at radius 1 is 1.33 bits per heavy atom. The first-order valence-electron chi connectivity index (χ1n) is 3.37. The summed E-state index contributed by atoms with van der Waals surface area (Å²) in [6, 6.07) is 0. The number of carboxylic acid groups (broad SMARTS) is 1. The predicted molar refractivity (Wildman–Crippen MR) is 52.1 cm³/mol. The zero-order chi connectivity index (χ0) is 10.2. The number of carboxylic acids is 1. The highest BCUT2D eigenvalue weighted by atomic mass is 35.6. The summed E-state index contributed by atoms with van der Waals surface area (Å²) >= 11 is 14.4. The first-order chi connectivity index (χ1) is 5.36. The lowest BCUT2D eigenvalue weighted by Gasteiger charge is -1.99. The van der Waals surface area contributed by atoms with Gasteiger partial charge in [-0.25, -0.2) is 4.79 Å². The summed E-state index contributed by atoms with van der Waals surface area (Å²) in [7, 11) is 0. The van der Waals surface area contributed by atoms with Crippen LogP contribution in [-0.2, 0) is 4.79 Å². The zero-order valence-corrected chi connectivity index (χ0v) is 9.17. The van der Waals surface area contributed by atoms with Crippen LogP contribution in [0.1, 0.15) is 13.8 Å².